The molecule has 0 saturated carbocycles. The van der Waals surface area contributed by atoms with Crippen molar-refractivity contribution < 1.29 is 13.9 Å². The first-order chi connectivity index (χ1) is 10.7. The molecule has 0 bridgehead atoms. The molecule has 0 saturated heterocycles. The third-order valence-corrected chi connectivity index (χ3v) is 3.29. The average molecular weight is 317 g/mol. The number of aromatic nitrogens is 4. The molecule has 0 aliphatic rings. The number of hydrogen-bond donors (Lipinski definition) is 1. The number of ether oxygens (including phenoxy) is 1. The van der Waals surface area contributed by atoms with Gasteiger partial charge in [-0.3, -0.25) is 15.1 Å². The van der Waals surface area contributed by atoms with Crippen molar-refractivity contribution in [3.8, 4) is 17.3 Å². The number of hydrogen-bond acceptors (Lipinski definition) is 8. The van der Waals surface area contributed by atoms with E-state index in [1.54, 1.807) is 23.7 Å². The topological polar surface area (TPSA) is 103 Å². The Labute approximate surface area is 129 Å². The Morgan fingerprint density at radius 3 is 3.09 bits per heavy atom. The van der Waals surface area contributed by atoms with Gasteiger partial charge in [0.2, 0.25) is 0 Å². The van der Waals surface area contributed by atoms with Crippen LogP contribution in [0.15, 0.2) is 34.3 Å². The molecule has 3 aromatic heterocycles. The second-order valence-electron chi connectivity index (χ2n) is 4.19. The monoisotopic (exact) mass is 317 g/mol. The highest BCUT2D eigenvalue weighted by Gasteiger charge is 2.13. The quantitative estimate of drug-likeness (QED) is 0.766. The van der Waals surface area contributed by atoms with E-state index in [0.717, 1.165) is 5.01 Å². The van der Waals surface area contributed by atoms with Gasteiger partial charge in [-0.1, -0.05) is 5.10 Å². The molecule has 0 radical (unpaired) electrons. The molecule has 1 N–H and O–H groups in total. The first-order valence-electron chi connectivity index (χ1n) is 6.29. The average Bonchev–Trinajstić information content (AvgIpc) is 3.15. The van der Waals surface area contributed by atoms with Crippen LogP contribution in [0.3, 0.4) is 0 Å². The minimum atomic E-state index is -0.409. The number of rotatable bonds is 5. The van der Waals surface area contributed by atoms with Gasteiger partial charge in [-0.15, -0.1) is 16.4 Å². The van der Waals surface area contributed by atoms with Crippen molar-refractivity contribution in [3.05, 3.63) is 34.9 Å². The molecular weight excluding hydrogens is 306 g/mol. The second-order valence-corrected chi connectivity index (χ2v) is 5.25. The van der Waals surface area contributed by atoms with Crippen LogP contribution in [-0.4, -0.2) is 32.7 Å². The van der Waals surface area contributed by atoms with Gasteiger partial charge in [-0.25, -0.2) is 4.98 Å². The summed E-state index contributed by atoms with van der Waals surface area (Å²) in [6.07, 6.45) is 3.13. The fourth-order valence-electron chi connectivity index (χ4n) is 1.58. The first kappa shape index (κ1) is 14.1. The van der Waals surface area contributed by atoms with E-state index in [2.05, 4.69) is 25.5 Å². The molecule has 0 fully saturated rings. The first-order valence-corrected chi connectivity index (χ1v) is 7.17. The molecule has 0 atom stereocenters. The van der Waals surface area contributed by atoms with Gasteiger partial charge < -0.3 is 9.15 Å². The molecule has 112 valence electrons. The summed E-state index contributed by atoms with van der Waals surface area (Å²) in [5.74, 6) is 0.350. The number of nitrogens with one attached hydrogen (secondary N) is 1. The van der Waals surface area contributed by atoms with Gasteiger partial charge in [-0.05, 0) is 19.1 Å². The van der Waals surface area contributed by atoms with E-state index in [0.29, 0.717) is 11.4 Å². The minimum Gasteiger partial charge on any atom is -0.482 e. The van der Waals surface area contributed by atoms with E-state index in [1.807, 2.05) is 6.92 Å². The summed E-state index contributed by atoms with van der Waals surface area (Å²) in [6.45, 7) is 1.70. The fourth-order valence-corrected chi connectivity index (χ4v) is 2.16. The van der Waals surface area contributed by atoms with Crippen molar-refractivity contribution in [2.45, 2.75) is 6.92 Å². The van der Waals surface area contributed by atoms with Gasteiger partial charge >= 0.3 is 6.01 Å². The highest BCUT2D eigenvalue weighted by molar-refractivity contribution is 7.09. The minimum absolute atomic E-state index is 0.000407. The molecular formula is C13H11N5O3S. The lowest BCUT2D eigenvalue weighted by Crippen LogP contribution is -2.20. The maximum absolute atomic E-state index is 11.7. The third-order valence-electron chi connectivity index (χ3n) is 2.51. The molecule has 3 aromatic rings. The van der Waals surface area contributed by atoms with Crippen LogP contribution >= 0.6 is 11.3 Å². The molecule has 3 rings (SSSR count). The summed E-state index contributed by atoms with van der Waals surface area (Å²) in [7, 11) is 0. The predicted molar refractivity (Wildman–Crippen MR) is 78.5 cm³/mol. The summed E-state index contributed by atoms with van der Waals surface area (Å²) >= 11 is 1.48. The van der Waals surface area contributed by atoms with Crippen molar-refractivity contribution in [2.24, 2.45) is 0 Å². The fraction of sp³-hybridized carbons (Fsp3) is 0.154. The Balaban J connectivity index is 1.57. The molecule has 0 aromatic carbocycles. The van der Waals surface area contributed by atoms with Crippen LogP contribution in [0, 0.1) is 6.92 Å². The van der Waals surface area contributed by atoms with Gasteiger partial charge in [0.1, 0.15) is 11.4 Å². The second kappa shape index (κ2) is 6.31. The van der Waals surface area contributed by atoms with Crippen molar-refractivity contribution in [2.75, 3.05) is 11.9 Å². The van der Waals surface area contributed by atoms with Gasteiger partial charge in [0.05, 0.1) is 11.2 Å². The van der Waals surface area contributed by atoms with Crippen LogP contribution in [0.25, 0.3) is 11.6 Å². The smallest absolute Gasteiger partial charge is 0.322 e. The third kappa shape index (κ3) is 3.44. The molecule has 22 heavy (non-hydrogen) atoms. The highest BCUT2D eigenvalue weighted by Crippen LogP contribution is 2.21. The highest BCUT2D eigenvalue weighted by atomic mass is 32.1. The van der Waals surface area contributed by atoms with Crippen LogP contribution in [-0.2, 0) is 4.79 Å². The standard InChI is InChI=1S/C13H11N5O3S/c1-8-15-10(7-22-8)12-17-18-13(21-12)16-11(19)6-20-9-3-2-4-14-5-9/h2-5,7H,6H2,1H3,(H,16,18,19). The molecule has 0 unspecified atom stereocenters. The predicted octanol–water partition coefficient (Wildman–Crippen LogP) is 1.91. The Morgan fingerprint density at radius 1 is 1.45 bits per heavy atom. The van der Waals surface area contributed by atoms with E-state index in [4.69, 9.17) is 9.15 Å². The molecule has 1 amide bonds. The lowest BCUT2D eigenvalue weighted by atomic mass is 10.5. The zero-order valence-corrected chi connectivity index (χ0v) is 12.3. The van der Waals surface area contributed by atoms with Crippen LogP contribution < -0.4 is 10.1 Å². The summed E-state index contributed by atoms with van der Waals surface area (Å²) in [6, 6.07) is 3.42. The normalized spacial score (nSPS) is 10.4. The van der Waals surface area contributed by atoms with E-state index in [1.165, 1.54) is 17.5 Å². The molecule has 0 spiro atoms. The summed E-state index contributed by atoms with van der Waals surface area (Å²) in [4.78, 5) is 19.8. The molecule has 3 heterocycles. The van der Waals surface area contributed by atoms with Crippen LogP contribution in [0.2, 0.25) is 0 Å². The van der Waals surface area contributed by atoms with Crippen molar-refractivity contribution in [1.82, 2.24) is 20.2 Å². The maximum atomic E-state index is 11.7. The Bertz CT molecular complexity index is 771. The Morgan fingerprint density at radius 2 is 2.36 bits per heavy atom. The van der Waals surface area contributed by atoms with E-state index in [-0.39, 0.29) is 18.5 Å². The zero-order chi connectivity index (χ0) is 15.4. The molecule has 0 aliphatic carbocycles. The van der Waals surface area contributed by atoms with Gasteiger partial charge in [0.25, 0.3) is 11.8 Å². The maximum Gasteiger partial charge on any atom is 0.322 e. The summed E-state index contributed by atoms with van der Waals surface area (Å²) < 4.78 is 10.6. The number of thiazole rings is 1. The van der Waals surface area contributed by atoms with Crippen LogP contribution in [0.5, 0.6) is 5.75 Å². The largest absolute Gasteiger partial charge is 0.482 e. The van der Waals surface area contributed by atoms with E-state index < -0.39 is 5.91 Å². The van der Waals surface area contributed by atoms with Crippen molar-refractivity contribution in [3.63, 3.8) is 0 Å². The van der Waals surface area contributed by atoms with E-state index >= 15 is 0 Å². The van der Waals surface area contributed by atoms with Gasteiger partial charge in [0.15, 0.2) is 6.61 Å². The molecule has 9 heteroatoms. The molecule has 0 aliphatic heterocycles. The van der Waals surface area contributed by atoms with Crippen LogP contribution in [0.4, 0.5) is 6.01 Å². The lowest BCUT2D eigenvalue weighted by Gasteiger charge is -2.03. The number of amides is 1. The SMILES string of the molecule is Cc1nc(-c2nnc(NC(=O)COc3cccnc3)o2)cs1. The number of pyridine rings is 1. The molecule has 8 nitrogen and oxygen atoms in total. The Hall–Kier alpha value is -2.81. The lowest BCUT2D eigenvalue weighted by molar-refractivity contribution is -0.118. The number of carbonyl (C=O) groups is 1. The van der Waals surface area contributed by atoms with Gasteiger partial charge in [0, 0.05) is 11.6 Å². The summed E-state index contributed by atoms with van der Waals surface area (Å²) in [5.41, 5.74) is 0.585. The van der Waals surface area contributed by atoms with Crippen molar-refractivity contribution in [1.29, 1.82) is 0 Å². The van der Waals surface area contributed by atoms with Gasteiger partial charge in [-0.2, -0.15) is 0 Å². The summed E-state index contributed by atoms with van der Waals surface area (Å²) in [5, 5.41) is 12.7. The number of aryl methyl sites for hydroxylation is 1. The Kier molecular flexibility index (Phi) is 4.05. The number of anilines is 1. The number of carbonyl (C=O) groups excluding carboxylic acids is 1. The van der Waals surface area contributed by atoms with Crippen LogP contribution in [0.1, 0.15) is 5.01 Å². The van der Waals surface area contributed by atoms with Crippen molar-refractivity contribution >= 4 is 23.3 Å². The zero-order valence-electron chi connectivity index (χ0n) is 11.5. The number of nitrogens with zero attached hydrogens (tertiary/aromatic N) is 4. The van der Waals surface area contributed by atoms with E-state index in [9.17, 15) is 4.79 Å².